The summed E-state index contributed by atoms with van der Waals surface area (Å²) < 4.78 is 0. The van der Waals surface area contributed by atoms with E-state index in [-0.39, 0.29) is 0 Å². The molecule has 1 aliphatic heterocycles. The highest BCUT2D eigenvalue weighted by atomic mass is 14.9. The van der Waals surface area contributed by atoms with E-state index in [9.17, 15) is 0 Å². The molecule has 1 N–H and O–H groups in total. The van der Waals surface area contributed by atoms with Crippen LogP contribution in [-0.2, 0) is 0 Å². The van der Waals surface area contributed by atoms with E-state index in [4.69, 9.17) is 0 Å². The van der Waals surface area contributed by atoms with Gasteiger partial charge in [-0.1, -0.05) is 0 Å². The lowest BCUT2D eigenvalue weighted by atomic mass is 10.0. The van der Waals surface area contributed by atoms with Crippen LogP contribution in [0.1, 0.15) is 19.3 Å². The Morgan fingerprint density at radius 3 is 3.25 bits per heavy atom. The Labute approximate surface area is 50.5 Å². The maximum Gasteiger partial charge on any atom is 0.00138 e. The van der Waals surface area contributed by atoms with Crippen LogP contribution in [0, 0.1) is 11.8 Å². The smallest absolute Gasteiger partial charge is 0.00138 e. The van der Waals surface area contributed by atoms with E-state index in [0.717, 1.165) is 5.92 Å². The molecule has 1 atom stereocenters. The first-order chi connectivity index (χ1) is 3.95. The molecule has 0 aromatic carbocycles. The van der Waals surface area contributed by atoms with E-state index in [1.54, 1.807) is 5.92 Å². The van der Waals surface area contributed by atoms with Gasteiger partial charge >= 0.3 is 0 Å². The van der Waals surface area contributed by atoms with Gasteiger partial charge in [-0.3, -0.25) is 0 Å². The Bertz CT molecular complexity index is 76.4. The molecule has 1 nitrogen and oxygen atoms in total. The molecule has 0 aromatic heterocycles. The number of rotatable bonds is 0. The van der Waals surface area contributed by atoms with Crippen LogP contribution in [0.3, 0.4) is 0 Å². The van der Waals surface area contributed by atoms with Crippen molar-refractivity contribution < 1.29 is 0 Å². The number of piperidine rings is 1. The molecule has 1 saturated carbocycles. The topological polar surface area (TPSA) is 12.0 Å². The van der Waals surface area contributed by atoms with Gasteiger partial charge in [-0.2, -0.15) is 0 Å². The fourth-order valence-electron chi connectivity index (χ4n) is 1.81. The first-order valence-corrected chi connectivity index (χ1v) is 3.49. The van der Waals surface area contributed by atoms with E-state index < -0.39 is 0 Å². The molecular weight excluding hydrogens is 98.1 g/mol. The van der Waals surface area contributed by atoms with Gasteiger partial charge in [0.15, 0.2) is 0 Å². The molecule has 2 rings (SSSR count). The third-order valence-corrected chi connectivity index (χ3v) is 2.29. The van der Waals surface area contributed by atoms with Gasteiger partial charge in [-0.25, -0.2) is 0 Å². The van der Waals surface area contributed by atoms with Crippen molar-refractivity contribution >= 4 is 0 Å². The van der Waals surface area contributed by atoms with Gasteiger partial charge in [-0.15, -0.1) is 0 Å². The molecule has 0 aromatic rings. The molecule has 2 bridgehead atoms. The summed E-state index contributed by atoms with van der Waals surface area (Å²) in [4.78, 5) is 0. The second kappa shape index (κ2) is 1.73. The number of nitrogens with one attached hydrogen (secondary N) is 1. The summed E-state index contributed by atoms with van der Waals surface area (Å²) in [5, 5.41) is 3.41. The number of hydrogen-bond donors (Lipinski definition) is 1. The van der Waals surface area contributed by atoms with Crippen LogP contribution in [0.4, 0.5) is 0 Å². The van der Waals surface area contributed by atoms with Crippen LogP contribution >= 0.6 is 0 Å². The lowest BCUT2D eigenvalue weighted by molar-refractivity contribution is 0.466. The Kier molecular flexibility index (Phi) is 1.04. The highest BCUT2D eigenvalue weighted by Crippen LogP contribution is 2.34. The Morgan fingerprint density at radius 2 is 2.50 bits per heavy atom. The van der Waals surface area contributed by atoms with Gasteiger partial charge in [0.1, 0.15) is 0 Å². The van der Waals surface area contributed by atoms with Crippen LogP contribution in [0.2, 0.25) is 0 Å². The second-order valence-electron chi connectivity index (χ2n) is 2.99. The van der Waals surface area contributed by atoms with Crippen molar-refractivity contribution in [2.45, 2.75) is 19.3 Å². The van der Waals surface area contributed by atoms with Gasteiger partial charge in [0.05, 0.1) is 0 Å². The standard InChI is InChI=1S/C7H12N/c1-2-7-3-6(1)4-8-5-7/h6,8H,1-5H2. The average Bonchev–Trinajstić information content (AvgIpc) is 2.12. The van der Waals surface area contributed by atoms with Crippen molar-refractivity contribution in [3.05, 3.63) is 5.92 Å². The van der Waals surface area contributed by atoms with Crippen LogP contribution in [0.25, 0.3) is 0 Å². The fourth-order valence-corrected chi connectivity index (χ4v) is 1.81. The third-order valence-electron chi connectivity index (χ3n) is 2.29. The quantitative estimate of drug-likeness (QED) is 0.490. The molecule has 45 valence electrons. The molecule has 1 unspecified atom stereocenters. The number of hydrogen-bond acceptors (Lipinski definition) is 1. The SMILES string of the molecule is C1CC2CNC[C]1C2. The van der Waals surface area contributed by atoms with Crippen molar-refractivity contribution in [2.75, 3.05) is 13.1 Å². The Hall–Kier alpha value is -0.0400. The van der Waals surface area contributed by atoms with Gasteiger partial charge < -0.3 is 5.32 Å². The lowest BCUT2D eigenvalue weighted by Crippen LogP contribution is -2.29. The molecule has 2 fully saturated rings. The average molecular weight is 110 g/mol. The molecule has 2 aliphatic rings. The van der Waals surface area contributed by atoms with E-state index in [0.29, 0.717) is 0 Å². The van der Waals surface area contributed by atoms with E-state index in [2.05, 4.69) is 5.32 Å². The van der Waals surface area contributed by atoms with E-state index in [1.165, 1.54) is 32.4 Å². The molecule has 1 heteroatoms. The van der Waals surface area contributed by atoms with Crippen molar-refractivity contribution in [3.63, 3.8) is 0 Å². The van der Waals surface area contributed by atoms with Gasteiger partial charge in [0.2, 0.25) is 0 Å². The summed E-state index contributed by atoms with van der Waals surface area (Å²) in [6.45, 7) is 2.50. The molecule has 8 heavy (non-hydrogen) atoms. The molecule has 1 radical (unpaired) electrons. The predicted octanol–water partition coefficient (Wildman–Crippen LogP) is 0.964. The zero-order valence-corrected chi connectivity index (χ0v) is 5.11. The van der Waals surface area contributed by atoms with E-state index in [1.807, 2.05) is 0 Å². The second-order valence-corrected chi connectivity index (χ2v) is 2.99. The summed E-state index contributed by atoms with van der Waals surface area (Å²) in [5.41, 5.74) is 0. The number of fused-ring (bicyclic) bond motifs is 2. The van der Waals surface area contributed by atoms with Crippen LogP contribution in [-0.4, -0.2) is 13.1 Å². The summed E-state index contributed by atoms with van der Waals surface area (Å²) in [5.74, 6) is 2.78. The first-order valence-electron chi connectivity index (χ1n) is 3.49. The maximum absolute atomic E-state index is 3.41. The van der Waals surface area contributed by atoms with Crippen molar-refractivity contribution in [1.29, 1.82) is 0 Å². The summed E-state index contributed by atoms with van der Waals surface area (Å²) in [6, 6.07) is 0. The van der Waals surface area contributed by atoms with Crippen molar-refractivity contribution in [1.82, 2.24) is 5.32 Å². The van der Waals surface area contributed by atoms with Gasteiger partial charge in [0.25, 0.3) is 0 Å². The minimum absolute atomic E-state index is 1.01. The summed E-state index contributed by atoms with van der Waals surface area (Å²) in [7, 11) is 0. The minimum atomic E-state index is 1.01. The first kappa shape index (κ1) is 4.80. The third kappa shape index (κ3) is 0.655. The van der Waals surface area contributed by atoms with Crippen molar-refractivity contribution in [3.8, 4) is 0 Å². The Balaban J connectivity index is 2.03. The molecular formula is C7H12N. The molecule has 0 amide bonds. The van der Waals surface area contributed by atoms with Gasteiger partial charge in [0, 0.05) is 6.54 Å². The molecule has 1 heterocycles. The lowest BCUT2D eigenvalue weighted by Gasteiger charge is -2.18. The monoisotopic (exact) mass is 110 g/mol. The van der Waals surface area contributed by atoms with Gasteiger partial charge in [-0.05, 0) is 37.6 Å². The van der Waals surface area contributed by atoms with E-state index >= 15 is 0 Å². The predicted molar refractivity (Wildman–Crippen MR) is 33.5 cm³/mol. The zero-order valence-electron chi connectivity index (χ0n) is 5.11. The Morgan fingerprint density at radius 1 is 1.50 bits per heavy atom. The summed E-state index contributed by atoms with van der Waals surface area (Å²) >= 11 is 0. The highest BCUT2D eigenvalue weighted by Gasteiger charge is 2.28. The zero-order chi connectivity index (χ0) is 5.40. The summed E-state index contributed by atoms with van der Waals surface area (Å²) in [6.07, 6.45) is 4.31. The molecule has 1 aliphatic carbocycles. The maximum atomic E-state index is 3.41. The van der Waals surface area contributed by atoms with Crippen LogP contribution < -0.4 is 5.32 Å². The highest BCUT2D eigenvalue weighted by molar-refractivity contribution is 5.03. The molecule has 0 spiro atoms. The largest absolute Gasteiger partial charge is 0.316 e. The van der Waals surface area contributed by atoms with Crippen LogP contribution in [0.15, 0.2) is 0 Å². The molecule has 1 saturated heterocycles. The fraction of sp³-hybridized carbons (Fsp3) is 0.857. The minimum Gasteiger partial charge on any atom is -0.316 e. The van der Waals surface area contributed by atoms with Crippen molar-refractivity contribution in [2.24, 2.45) is 5.92 Å². The van der Waals surface area contributed by atoms with Crippen LogP contribution in [0.5, 0.6) is 0 Å². The normalized spacial score (nSPS) is 38.2.